The normalized spacial score (nSPS) is 17.6. The van der Waals surface area contributed by atoms with Crippen LogP contribution >= 0.6 is 0 Å². The number of amides is 2. The first-order valence-corrected chi connectivity index (χ1v) is 10.3. The lowest BCUT2D eigenvalue weighted by atomic mass is 10.1. The molecule has 0 unspecified atom stereocenters. The van der Waals surface area contributed by atoms with Crippen LogP contribution in [0.1, 0.15) is 22.3 Å². The Bertz CT molecular complexity index is 1310. The van der Waals surface area contributed by atoms with E-state index in [0.717, 1.165) is 0 Å². The van der Waals surface area contributed by atoms with Crippen molar-refractivity contribution < 1.29 is 18.4 Å². The number of amidine groups is 2. The lowest BCUT2D eigenvalue weighted by Crippen LogP contribution is -2.26. The summed E-state index contributed by atoms with van der Waals surface area (Å²) in [4.78, 5) is 33.3. The Labute approximate surface area is 193 Å². The van der Waals surface area contributed by atoms with E-state index in [4.69, 9.17) is 0 Å². The van der Waals surface area contributed by atoms with Crippen LogP contribution in [0.5, 0.6) is 0 Å². The van der Waals surface area contributed by atoms with Crippen LogP contribution in [0.4, 0.5) is 8.78 Å². The predicted octanol–water partition coefficient (Wildman–Crippen LogP) is 3.80. The minimum atomic E-state index is -0.358. The Morgan fingerprint density at radius 3 is 1.26 bits per heavy atom. The number of aliphatic imine (C=N–C) groups is 2. The van der Waals surface area contributed by atoms with Gasteiger partial charge in [-0.2, -0.15) is 0 Å². The van der Waals surface area contributed by atoms with Crippen LogP contribution in [0.3, 0.4) is 0 Å². The van der Waals surface area contributed by atoms with Gasteiger partial charge in [0, 0.05) is 11.1 Å². The average Bonchev–Trinajstić information content (AvgIpc) is 3.39. The van der Waals surface area contributed by atoms with Crippen molar-refractivity contribution in [3.8, 4) is 0 Å². The smallest absolute Gasteiger partial charge is 0.275 e. The third-order valence-electron chi connectivity index (χ3n) is 5.17. The zero-order valence-electron chi connectivity index (χ0n) is 17.5. The van der Waals surface area contributed by atoms with Crippen molar-refractivity contribution in [1.29, 1.82) is 0 Å². The number of hydrogen-bond donors (Lipinski definition) is 2. The summed E-state index contributed by atoms with van der Waals surface area (Å²) < 4.78 is 26.2. The molecule has 2 amide bonds. The van der Waals surface area contributed by atoms with E-state index in [-0.39, 0.29) is 34.8 Å². The van der Waals surface area contributed by atoms with Crippen LogP contribution in [-0.2, 0) is 9.59 Å². The van der Waals surface area contributed by atoms with E-state index >= 15 is 0 Å². The SMILES string of the molecule is O=C1NC(c2ccc(C3=NC(=Cc4ccc(F)cc4)C(=O)N3)cc2)=NC1=Cc1ccc(F)cc1. The summed E-state index contributed by atoms with van der Waals surface area (Å²) >= 11 is 0. The minimum absolute atomic E-state index is 0.216. The first kappa shape index (κ1) is 21.1. The molecular weight excluding hydrogens is 438 g/mol. The van der Waals surface area contributed by atoms with Crippen LogP contribution in [0, 0.1) is 11.6 Å². The lowest BCUT2D eigenvalue weighted by molar-refractivity contribution is -0.116. The maximum atomic E-state index is 13.1. The number of benzene rings is 3. The molecular formula is C26H16F2N4O2. The van der Waals surface area contributed by atoms with Crippen molar-refractivity contribution in [2.24, 2.45) is 9.98 Å². The lowest BCUT2D eigenvalue weighted by Gasteiger charge is -2.04. The van der Waals surface area contributed by atoms with Gasteiger partial charge in [-0.1, -0.05) is 48.5 Å². The maximum absolute atomic E-state index is 13.1. The largest absolute Gasteiger partial charge is 0.305 e. The molecule has 34 heavy (non-hydrogen) atoms. The van der Waals surface area contributed by atoms with Gasteiger partial charge in [0.2, 0.25) is 0 Å². The molecule has 8 heteroatoms. The van der Waals surface area contributed by atoms with Crippen molar-refractivity contribution in [2.45, 2.75) is 0 Å². The highest BCUT2D eigenvalue weighted by Crippen LogP contribution is 2.18. The van der Waals surface area contributed by atoms with Crippen LogP contribution in [0.15, 0.2) is 94.2 Å². The second-order valence-electron chi connectivity index (χ2n) is 7.57. The Balaban J connectivity index is 1.35. The fourth-order valence-electron chi connectivity index (χ4n) is 3.43. The van der Waals surface area contributed by atoms with Crippen molar-refractivity contribution >= 4 is 35.6 Å². The van der Waals surface area contributed by atoms with Crippen LogP contribution in [0.2, 0.25) is 0 Å². The third-order valence-corrected chi connectivity index (χ3v) is 5.17. The molecule has 0 saturated carbocycles. The van der Waals surface area contributed by atoms with Gasteiger partial charge in [0.1, 0.15) is 34.7 Å². The molecule has 166 valence electrons. The highest BCUT2D eigenvalue weighted by atomic mass is 19.1. The second kappa shape index (κ2) is 8.67. The minimum Gasteiger partial charge on any atom is -0.305 e. The predicted molar refractivity (Wildman–Crippen MR) is 125 cm³/mol. The molecule has 3 aromatic rings. The standard InChI is InChI=1S/C26H16F2N4O2/c27-19-9-1-15(2-10-19)13-21-25(33)31-23(29-21)17-5-7-18(8-6-17)24-30-22(26(34)32-24)14-16-3-11-20(28)12-4-16/h1-14H,(H,29,31,33)(H,30,32,34). The molecule has 5 rings (SSSR count). The number of nitrogens with one attached hydrogen (secondary N) is 2. The molecule has 6 nitrogen and oxygen atoms in total. The van der Waals surface area contributed by atoms with E-state index in [9.17, 15) is 18.4 Å². The van der Waals surface area contributed by atoms with Crippen LogP contribution in [0.25, 0.3) is 12.2 Å². The van der Waals surface area contributed by atoms with Gasteiger partial charge >= 0.3 is 0 Å². The first-order chi connectivity index (χ1) is 16.4. The first-order valence-electron chi connectivity index (χ1n) is 10.3. The van der Waals surface area contributed by atoms with Crippen molar-refractivity contribution in [3.63, 3.8) is 0 Å². The van der Waals surface area contributed by atoms with E-state index in [0.29, 0.717) is 33.9 Å². The molecule has 0 aliphatic carbocycles. The fraction of sp³-hybridized carbons (Fsp3) is 0. The number of nitrogens with zero attached hydrogens (tertiary/aromatic N) is 2. The van der Waals surface area contributed by atoms with Gasteiger partial charge < -0.3 is 10.6 Å². The molecule has 2 aliphatic rings. The summed E-state index contributed by atoms with van der Waals surface area (Å²) in [6.07, 6.45) is 3.15. The summed E-state index contributed by atoms with van der Waals surface area (Å²) in [5.74, 6) is -0.650. The summed E-state index contributed by atoms with van der Waals surface area (Å²) in [5.41, 5.74) is 3.10. The van der Waals surface area contributed by atoms with Gasteiger partial charge in [-0.05, 0) is 47.5 Å². The molecule has 0 fully saturated rings. The summed E-state index contributed by atoms with van der Waals surface area (Å²) in [6.45, 7) is 0. The second-order valence-corrected chi connectivity index (χ2v) is 7.57. The maximum Gasteiger partial charge on any atom is 0.275 e. The molecule has 0 aromatic heterocycles. The summed E-state index contributed by atoms with van der Waals surface area (Å²) in [7, 11) is 0. The fourth-order valence-corrected chi connectivity index (χ4v) is 3.43. The Hall–Kier alpha value is -4.72. The van der Waals surface area contributed by atoms with E-state index in [1.54, 1.807) is 60.7 Å². The third kappa shape index (κ3) is 4.42. The van der Waals surface area contributed by atoms with Gasteiger partial charge in [-0.15, -0.1) is 0 Å². The van der Waals surface area contributed by atoms with Crippen LogP contribution < -0.4 is 10.6 Å². The molecule has 2 N–H and O–H groups in total. The van der Waals surface area contributed by atoms with Gasteiger partial charge in [-0.3, -0.25) is 9.59 Å². The van der Waals surface area contributed by atoms with Crippen molar-refractivity contribution in [1.82, 2.24) is 10.6 Å². The molecule has 0 spiro atoms. The number of carbonyl (C=O) groups excluding carboxylic acids is 2. The molecule has 2 heterocycles. The molecule has 3 aromatic carbocycles. The molecule has 0 atom stereocenters. The molecule has 2 aliphatic heterocycles. The van der Waals surface area contributed by atoms with Gasteiger partial charge in [0.25, 0.3) is 11.8 Å². The number of halogens is 2. The van der Waals surface area contributed by atoms with Crippen LogP contribution in [-0.4, -0.2) is 23.5 Å². The van der Waals surface area contributed by atoms with Crippen molar-refractivity contribution in [3.05, 3.63) is 118 Å². The molecule has 0 saturated heterocycles. The van der Waals surface area contributed by atoms with E-state index in [1.807, 2.05) is 0 Å². The number of carbonyl (C=O) groups is 2. The van der Waals surface area contributed by atoms with E-state index in [2.05, 4.69) is 20.6 Å². The zero-order chi connectivity index (χ0) is 23.7. The molecule has 0 bridgehead atoms. The molecule has 0 radical (unpaired) electrons. The Morgan fingerprint density at radius 1 is 0.559 bits per heavy atom. The van der Waals surface area contributed by atoms with E-state index < -0.39 is 0 Å². The van der Waals surface area contributed by atoms with Gasteiger partial charge in [0.15, 0.2) is 0 Å². The Kier molecular flexibility index (Phi) is 5.39. The van der Waals surface area contributed by atoms with E-state index in [1.165, 1.54) is 24.3 Å². The average molecular weight is 454 g/mol. The monoisotopic (exact) mass is 454 g/mol. The highest BCUT2D eigenvalue weighted by Gasteiger charge is 2.23. The highest BCUT2D eigenvalue weighted by molar-refractivity contribution is 6.21. The van der Waals surface area contributed by atoms with Gasteiger partial charge in [0.05, 0.1) is 0 Å². The Morgan fingerprint density at radius 2 is 0.912 bits per heavy atom. The topological polar surface area (TPSA) is 82.9 Å². The van der Waals surface area contributed by atoms with Gasteiger partial charge in [-0.25, -0.2) is 18.8 Å². The quantitative estimate of drug-likeness (QED) is 0.588. The zero-order valence-corrected chi connectivity index (χ0v) is 17.5. The summed E-state index contributed by atoms with van der Waals surface area (Å²) in [6, 6.07) is 18.5. The number of hydrogen-bond acceptors (Lipinski definition) is 4. The van der Waals surface area contributed by atoms with Crippen molar-refractivity contribution in [2.75, 3.05) is 0 Å². The number of rotatable bonds is 4. The summed E-state index contributed by atoms with van der Waals surface area (Å²) in [5, 5.41) is 5.44.